The lowest BCUT2D eigenvalue weighted by atomic mass is 10.1. The largest absolute Gasteiger partial charge is 0.478 e. The molecule has 0 fully saturated rings. The summed E-state index contributed by atoms with van der Waals surface area (Å²) in [6.07, 6.45) is 1.76. The number of carbonyl (C=O) groups is 1. The Morgan fingerprint density at radius 2 is 2.00 bits per heavy atom. The molecule has 0 saturated heterocycles. The van der Waals surface area contributed by atoms with Crippen LogP contribution in [-0.4, -0.2) is 16.1 Å². The summed E-state index contributed by atoms with van der Waals surface area (Å²) in [6.45, 7) is 1.24. The smallest absolute Gasteiger partial charge is 0.335 e. The van der Waals surface area contributed by atoms with Gasteiger partial charge < -0.3 is 14.8 Å². The number of furan rings is 1. The van der Waals surface area contributed by atoms with E-state index in [9.17, 15) is 4.79 Å². The van der Waals surface area contributed by atoms with Gasteiger partial charge in [-0.05, 0) is 36.4 Å². The lowest BCUT2D eigenvalue weighted by molar-refractivity contribution is 0.0697. The van der Waals surface area contributed by atoms with Crippen LogP contribution in [0.4, 0.5) is 0 Å². The monoisotopic (exact) mass is 308 g/mol. The van der Waals surface area contributed by atoms with Crippen molar-refractivity contribution < 1.29 is 14.3 Å². The Balaban J connectivity index is 1.64. The van der Waals surface area contributed by atoms with Gasteiger partial charge in [0.2, 0.25) is 0 Å². The summed E-state index contributed by atoms with van der Waals surface area (Å²) < 4.78 is 5.77. The highest BCUT2D eigenvalue weighted by atomic mass is 16.4. The van der Waals surface area contributed by atoms with Crippen LogP contribution in [-0.2, 0) is 13.1 Å². The Kier molecular flexibility index (Phi) is 4.49. The van der Waals surface area contributed by atoms with Crippen LogP contribution in [0.25, 0.3) is 11.3 Å². The standard InChI is InChI=1S/C18H16N2O3/c21-18(22)14-5-3-4-13(10-14)17-8-7-16(23-17)12-19-11-15-6-1-2-9-20-15/h1-10,19H,11-12H2,(H,21,22). The quantitative estimate of drug-likeness (QED) is 0.730. The third-order valence-electron chi connectivity index (χ3n) is 3.39. The van der Waals surface area contributed by atoms with E-state index in [1.165, 1.54) is 0 Å². The molecule has 0 atom stereocenters. The summed E-state index contributed by atoms with van der Waals surface area (Å²) >= 11 is 0. The number of aromatic carboxylic acids is 1. The first-order chi connectivity index (χ1) is 11.2. The van der Waals surface area contributed by atoms with Crippen molar-refractivity contribution in [2.24, 2.45) is 0 Å². The molecule has 116 valence electrons. The fraction of sp³-hybridized carbons (Fsp3) is 0.111. The van der Waals surface area contributed by atoms with Gasteiger partial charge in [0.05, 0.1) is 17.8 Å². The first-order valence-electron chi connectivity index (χ1n) is 7.25. The summed E-state index contributed by atoms with van der Waals surface area (Å²) in [7, 11) is 0. The first-order valence-corrected chi connectivity index (χ1v) is 7.25. The van der Waals surface area contributed by atoms with Crippen LogP contribution < -0.4 is 5.32 Å². The Morgan fingerprint density at radius 3 is 2.78 bits per heavy atom. The number of carboxylic acids is 1. The molecule has 3 aromatic rings. The number of rotatable bonds is 6. The van der Waals surface area contributed by atoms with E-state index in [2.05, 4.69) is 10.3 Å². The van der Waals surface area contributed by atoms with Crippen LogP contribution >= 0.6 is 0 Å². The zero-order chi connectivity index (χ0) is 16.1. The number of carboxylic acid groups (broad SMARTS) is 1. The van der Waals surface area contributed by atoms with Crippen molar-refractivity contribution in [1.82, 2.24) is 10.3 Å². The molecule has 5 nitrogen and oxygen atoms in total. The van der Waals surface area contributed by atoms with Crippen LogP contribution in [0.1, 0.15) is 21.8 Å². The lowest BCUT2D eigenvalue weighted by Crippen LogP contribution is -2.12. The van der Waals surface area contributed by atoms with E-state index in [1.54, 1.807) is 24.4 Å². The number of hydrogen-bond acceptors (Lipinski definition) is 4. The van der Waals surface area contributed by atoms with Crippen LogP contribution in [0.2, 0.25) is 0 Å². The highest BCUT2D eigenvalue weighted by molar-refractivity contribution is 5.89. The van der Waals surface area contributed by atoms with Gasteiger partial charge in [0.1, 0.15) is 11.5 Å². The molecule has 0 aliphatic heterocycles. The molecule has 1 aromatic carbocycles. The molecule has 0 saturated carbocycles. The average molecular weight is 308 g/mol. The van der Waals surface area contributed by atoms with Crippen molar-refractivity contribution in [2.75, 3.05) is 0 Å². The average Bonchev–Trinajstić information content (AvgIpc) is 3.05. The normalized spacial score (nSPS) is 10.6. The number of hydrogen-bond donors (Lipinski definition) is 2. The predicted octanol–water partition coefficient (Wildman–Crippen LogP) is 3.33. The molecule has 5 heteroatoms. The van der Waals surface area contributed by atoms with Gasteiger partial charge in [0.15, 0.2) is 0 Å². The van der Waals surface area contributed by atoms with Crippen molar-refractivity contribution in [3.63, 3.8) is 0 Å². The van der Waals surface area contributed by atoms with E-state index in [0.29, 0.717) is 18.8 Å². The first kappa shape index (κ1) is 15.0. The number of pyridine rings is 1. The maximum Gasteiger partial charge on any atom is 0.335 e. The second kappa shape index (κ2) is 6.89. The minimum Gasteiger partial charge on any atom is -0.478 e. The molecule has 2 heterocycles. The minimum atomic E-state index is -0.948. The molecule has 2 aromatic heterocycles. The third-order valence-corrected chi connectivity index (χ3v) is 3.39. The zero-order valence-electron chi connectivity index (χ0n) is 12.4. The molecule has 0 amide bonds. The van der Waals surface area contributed by atoms with Crippen molar-refractivity contribution in [3.8, 4) is 11.3 Å². The fourth-order valence-electron chi connectivity index (χ4n) is 2.25. The number of nitrogens with one attached hydrogen (secondary N) is 1. The van der Waals surface area contributed by atoms with Crippen LogP contribution in [0.3, 0.4) is 0 Å². The predicted molar refractivity (Wildman–Crippen MR) is 85.9 cm³/mol. The van der Waals surface area contributed by atoms with Gasteiger partial charge in [0.25, 0.3) is 0 Å². The van der Waals surface area contributed by atoms with E-state index in [0.717, 1.165) is 17.0 Å². The molecular weight excluding hydrogens is 292 g/mol. The highest BCUT2D eigenvalue weighted by Gasteiger charge is 2.08. The van der Waals surface area contributed by atoms with Crippen molar-refractivity contribution in [1.29, 1.82) is 0 Å². The lowest BCUT2D eigenvalue weighted by Gasteiger charge is -2.02. The van der Waals surface area contributed by atoms with Gasteiger partial charge in [0, 0.05) is 18.3 Å². The summed E-state index contributed by atoms with van der Waals surface area (Å²) in [5.41, 5.74) is 1.96. The maximum absolute atomic E-state index is 11.0. The van der Waals surface area contributed by atoms with Gasteiger partial charge in [-0.1, -0.05) is 18.2 Å². The van der Waals surface area contributed by atoms with Crippen LogP contribution in [0, 0.1) is 0 Å². The summed E-state index contributed by atoms with van der Waals surface area (Å²) in [5, 5.41) is 12.3. The maximum atomic E-state index is 11.0. The molecule has 0 aliphatic carbocycles. The molecular formula is C18H16N2O3. The van der Waals surface area contributed by atoms with E-state index in [-0.39, 0.29) is 5.56 Å². The van der Waals surface area contributed by atoms with Crippen molar-refractivity contribution in [2.45, 2.75) is 13.1 Å². The van der Waals surface area contributed by atoms with E-state index in [1.807, 2.05) is 36.4 Å². The molecule has 0 unspecified atom stereocenters. The fourth-order valence-corrected chi connectivity index (χ4v) is 2.25. The number of nitrogens with zero attached hydrogens (tertiary/aromatic N) is 1. The van der Waals surface area contributed by atoms with Gasteiger partial charge >= 0.3 is 5.97 Å². The van der Waals surface area contributed by atoms with Gasteiger partial charge in [-0.3, -0.25) is 4.98 Å². The van der Waals surface area contributed by atoms with Crippen molar-refractivity contribution in [3.05, 3.63) is 77.8 Å². The second-order valence-electron chi connectivity index (χ2n) is 5.08. The number of aromatic nitrogens is 1. The Bertz CT molecular complexity index is 797. The van der Waals surface area contributed by atoms with E-state index < -0.39 is 5.97 Å². The summed E-state index contributed by atoms with van der Waals surface area (Å²) in [5.74, 6) is 0.495. The van der Waals surface area contributed by atoms with Crippen LogP contribution in [0.15, 0.2) is 65.2 Å². The SMILES string of the molecule is O=C(O)c1cccc(-c2ccc(CNCc3ccccn3)o2)c1. The summed E-state index contributed by atoms with van der Waals surface area (Å²) in [4.78, 5) is 15.3. The van der Waals surface area contributed by atoms with Gasteiger partial charge in [-0.25, -0.2) is 4.79 Å². The topological polar surface area (TPSA) is 75.4 Å². The number of benzene rings is 1. The van der Waals surface area contributed by atoms with Crippen molar-refractivity contribution >= 4 is 5.97 Å². The summed E-state index contributed by atoms with van der Waals surface area (Å²) in [6, 6.07) is 16.2. The van der Waals surface area contributed by atoms with Crippen LogP contribution in [0.5, 0.6) is 0 Å². The molecule has 2 N–H and O–H groups in total. The zero-order valence-corrected chi connectivity index (χ0v) is 12.4. The van der Waals surface area contributed by atoms with E-state index in [4.69, 9.17) is 9.52 Å². The van der Waals surface area contributed by atoms with Gasteiger partial charge in [-0.15, -0.1) is 0 Å². The Morgan fingerprint density at radius 1 is 1.09 bits per heavy atom. The van der Waals surface area contributed by atoms with E-state index >= 15 is 0 Å². The molecule has 0 aliphatic rings. The Hall–Kier alpha value is -2.92. The molecule has 23 heavy (non-hydrogen) atoms. The molecule has 0 spiro atoms. The second-order valence-corrected chi connectivity index (χ2v) is 5.08. The highest BCUT2D eigenvalue weighted by Crippen LogP contribution is 2.23. The molecule has 3 rings (SSSR count). The third kappa shape index (κ3) is 3.84. The molecule has 0 radical (unpaired) electrons. The minimum absolute atomic E-state index is 0.244. The molecule has 0 bridgehead atoms. The van der Waals surface area contributed by atoms with Gasteiger partial charge in [-0.2, -0.15) is 0 Å². The Labute approximate surface area is 133 Å².